The fourth-order valence-electron chi connectivity index (χ4n) is 1.88. The maximum atomic E-state index is 11.9. The summed E-state index contributed by atoms with van der Waals surface area (Å²) in [6.45, 7) is 2.22. The summed E-state index contributed by atoms with van der Waals surface area (Å²) in [4.78, 5) is 35.5. The summed E-state index contributed by atoms with van der Waals surface area (Å²) in [7, 11) is 0. The van der Waals surface area contributed by atoms with Crippen molar-refractivity contribution in [2.45, 2.75) is 26.3 Å². The smallest absolute Gasteiger partial charge is 0.442 e. The van der Waals surface area contributed by atoms with E-state index in [0.29, 0.717) is 25.4 Å². The van der Waals surface area contributed by atoms with Gasteiger partial charge in [0, 0.05) is 13.0 Å². The Morgan fingerprint density at radius 2 is 2.30 bits per heavy atom. The molecular formula is C14H17N3O5S. The van der Waals surface area contributed by atoms with E-state index in [9.17, 15) is 14.4 Å². The van der Waals surface area contributed by atoms with Crippen molar-refractivity contribution in [3.63, 3.8) is 0 Å². The molecular weight excluding hydrogens is 322 g/mol. The van der Waals surface area contributed by atoms with Crippen LogP contribution in [0.15, 0.2) is 26.8 Å². The molecule has 2 aromatic heterocycles. The van der Waals surface area contributed by atoms with Gasteiger partial charge in [-0.3, -0.25) is 14.1 Å². The van der Waals surface area contributed by atoms with Crippen molar-refractivity contribution in [2.24, 2.45) is 0 Å². The van der Waals surface area contributed by atoms with Crippen molar-refractivity contribution < 1.29 is 18.8 Å². The topological polar surface area (TPSA) is 103 Å². The van der Waals surface area contributed by atoms with Gasteiger partial charge in [-0.05, 0) is 24.8 Å². The normalized spacial score (nSPS) is 10.5. The molecule has 0 radical (unpaired) electrons. The number of carbonyl (C=O) groups excluding carboxylic acids is 2. The van der Waals surface area contributed by atoms with Crippen molar-refractivity contribution in [3.05, 3.63) is 28.1 Å². The molecule has 9 heteroatoms. The van der Waals surface area contributed by atoms with Gasteiger partial charge in [0.1, 0.15) is 6.54 Å². The lowest BCUT2D eigenvalue weighted by molar-refractivity contribution is -0.143. The molecule has 0 unspecified atom stereocenters. The highest BCUT2D eigenvalue weighted by atomic mass is 32.1. The number of nitrogens with one attached hydrogen (secondary N) is 1. The monoisotopic (exact) mass is 339 g/mol. The second-order valence-corrected chi connectivity index (χ2v) is 5.54. The Morgan fingerprint density at radius 1 is 1.48 bits per heavy atom. The first-order valence-electron chi connectivity index (χ1n) is 7.14. The molecule has 0 aliphatic carbocycles. The number of carbonyl (C=O) groups is 2. The van der Waals surface area contributed by atoms with Gasteiger partial charge in [-0.25, -0.2) is 9.36 Å². The van der Waals surface area contributed by atoms with Crippen LogP contribution >= 0.6 is 11.3 Å². The molecule has 0 saturated carbocycles. The lowest BCUT2D eigenvalue weighted by atomic mass is 10.3. The van der Waals surface area contributed by atoms with Crippen molar-refractivity contribution in [1.29, 1.82) is 0 Å². The van der Waals surface area contributed by atoms with Crippen molar-refractivity contribution in [1.82, 2.24) is 15.0 Å². The van der Waals surface area contributed by atoms with Gasteiger partial charge in [-0.1, -0.05) is 11.2 Å². The van der Waals surface area contributed by atoms with Crippen LogP contribution in [0.5, 0.6) is 0 Å². The van der Waals surface area contributed by atoms with E-state index in [4.69, 9.17) is 4.74 Å². The molecule has 0 bridgehead atoms. The number of rotatable bonds is 8. The predicted molar refractivity (Wildman–Crippen MR) is 83.0 cm³/mol. The summed E-state index contributed by atoms with van der Waals surface area (Å²) in [5, 5.41) is 8.18. The summed E-state index contributed by atoms with van der Waals surface area (Å²) in [5.74, 6) is -1.00. The number of esters is 1. The Kier molecular flexibility index (Phi) is 6.10. The number of thiophene rings is 1. The van der Waals surface area contributed by atoms with Crippen molar-refractivity contribution in [2.75, 3.05) is 13.2 Å². The molecule has 2 heterocycles. The number of nitrogens with zero attached hydrogens (tertiary/aromatic N) is 2. The predicted octanol–water partition coefficient (Wildman–Crippen LogP) is 1.02. The Hall–Kier alpha value is -2.42. The first-order valence-corrected chi connectivity index (χ1v) is 8.02. The van der Waals surface area contributed by atoms with Gasteiger partial charge in [0.2, 0.25) is 5.91 Å². The molecule has 0 fully saturated rings. The van der Waals surface area contributed by atoms with Crippen molar-refractivity contribution >= 4 is 23.2 Å². The van der Waals surface area contributed by atoms with Crippen molar-refractivity contribution in [3.8, 4) is 10.7 Å². The van der Waals surface area contributed by atoms with Gasteiger partial charge < -0.3 is 10.1 Å². The van der Waals surface area contributed by atoms with E-state index in [-0.39, 0.29) is 24.8 Å². The summed E-state index contributed by atoms with van der Waals surface area (Å²) in [6, 6.07) is 3.61. The number of hydrogen-bond acceptors (Lipinski definition) is 7. The number of amides is 1. The molecule has 1 N–H and O–H groups in total. The standard InChI is InChI=1S/C14H17N3O5S/c1-2-21-12(19)6-3-7-15-11(18)9-17-13(16-22-14(17)20)10-5-4-8-23-10/h4-5,8H,2-3,6-7,9H2,1H3,(H,15,18). The van der Waals surface area contributed by atoms with Crippen LogP contribution in [0.2, 0.25) is 0 Å². The minimum Gasteiger partial charge on any atom is -0.466 e. The molecule has 23 heavy (non-hydrogen) atoms. The fraction of sp³-hybridized carbons (Fsp3) is 0.429. The summed E-state index contributed by atoms with van der Waals surface area (Å²) in [6.07, 6.45) is 0.711. The van der Waals surface area contributed by atoms with Gasteiger partial charge in [0.25, 0.3) is 0 Å². The van der Waals surface area contributed by atoms with Crippen LogP contribution in [0.4, 0.5) is 0 Å². The Balaban J connectivity index is 1.85. The first-order chi connectivity index (χ1) is 11.1. The highest BCUT2D eigenvalue weighted by Gasteiger charge is 2.16. The highest BCUT2D eigenvalue weighted by Crippen LogP contribution is 2.21. The average molecular weight is 339 g/mol. The minimum absolute atomic E-state index is 0.186. The van der Waals surface area contributed by atoms with E-state index in [2.05, 4.69) is 15.0 Å². The lowest BCUT2D eigenvalue weighted by Crippen LogP contribution is -2.32. The molecule has 8 nitrogen and oxygen atoms in total. The molecule has 0 aromatic carbocycles. The third-order valence-corrected chi connectivity index (χ3v) is 3.78. The van der Waals surface area contributed by atoms with E-state index in [1.807, 2.05) is 11.4 Å². The lowest BCUT2D eigenvalue weighted by Gasteiger charge is -2.06. The van der Waals surface area contributed by atoms with Crippen LogP contribution in [0.1, 0.15) is 19.8 Å². The number of ether oxygens (including phenoxy) is 1. The minimum atomic E-state index is -0.685. The van der Waals surface area contributed by atoms with Crippen LogP contribution in [-0.4, -0.2) is 34.8 Å². The zero-order valence-electron chi connectivity index (χ0n) is 12.6. The molecule has 0 aliphatic rings. The maximum absolute atomic E-state index is 11.9. The zero-order valence-corrected chi connectivity index (χ0v) is 13.4. The molecule has 0 spiro atoms. The Labute approximate surface area is 136 Å². The molecule has 124 valence electrons. The fourth-order valence-corrected chi connectivity index (χ4v) is 2.60. The third-order valence-electron chi connectivity index (χ3n) is 2.91. The quantitative estimate of drug-likeness (QED) is 0.569. The van der Waals surface area contributed by atoms with Gasteiger partial charge in [-0.15, -0.1) is 11.3 Å². The van der Waals surface area contributed by atoms with Crippen LogP contribution in [-0.2, 0) is 20.9 Å². The molecule has 2 rings (SSSR count). The van der Waals surface area contributed by atoms with E-state index in [0.717, 1.165) is 4.88 Å². The van der Waals surface area contributed by atoms with Crippen LogP contribution in [0, 0.1) is 0 Å². The van der Waals surface area contributed by atoms with Gasteiger partial charge >= 0.3 is 11.7 Å². The van der Waals surface area contributed by atoms with E-state index < -0.39 is 5.76 Å². The number of hydrogen-bond donors (Lipinski definition) is 1. The zero-order chi connectivity index (χ0) is 16.7. The summed E-state index contributed by atoms with van der Waals surface area (Å²) < 4.78 is 10.6. The Bertz CT molecular complexity index is 704. The van der Waals surface area contributed by atoms with Crippen LogP contribution < -0.4 is 11.1 Å². The maximum Gasteiger partial charge on any atom is 0.442 e. The highest BCUT2D eigenvalue weighted by molar-refractivity contribution is 7.13. The summed E-state index contributed by atoms with van der Waals surface area (Å²) >= 11 is 1.39. The van der Waals surface area contributed by atoms with E-state index in [1.165, 1.54) is 15.9 Å². The third kappa shape index (κ3) is 4.78. The second kappa shape index (κ2) is 8.28. The molecule has 0 aliphatic heterocycles. The average Bonchev–Trinajstić information content (AvgIpc) is 3.15. The first kappa shape index (κ1) is 16.9. The van der Waals surface area contributed by atoms with Crippen LogP contribution in [0.25, 0.3) is 10.7 Å². The van der Waals surface area contributed by atoms with E-state index in [1.54, 1.807) is 13.0 Å². The molecule has 0 saturated heterocycles. The molecule has 1 amide bonds. The van der Waals surface area contributed by atoms with Gasteiger partial charge in [0.15, 0.2) is 5.82 Å². The molecule has 2 aromatic rings. The molecule has 0 atom stereocenters. The van der Waals surface area contributed by atoms with E-state index >= 15 is 0 Å². The summed E-state index contributed by atoms with van der Waals surface area (Å²) in [5.41, 5.74) is 0. The second-order valence-electron chi connectivity index (χ2n) is 4.59. The van der Waals surface area contributed by atoms with Gasteiger partial charge in [0.05, 0.1) is 11.5 Å². The van der Waals surface area contributed by atoms with Crippen LogP contribution in [0.3, 0.4) is 0 Å². The van der Waals surface area contributed by atoms with Gasteiger partial charge in [-0.2, -0.15) is 0 Å². The number of aromatic nitrogens is 2. The largest absolute Gasteiger partial charge is 0.466 e. The SMILES string of the molecule is CCOC(=O)CCCNC(=O)Cn1c(-c2cccs2)noc1=O. The Morgan fingerprint density at radius 3 is 3.00 bits per heavy atom.